The number of nitrogens with zero attached hydrogens (tertiary/aromatic N) is 3. The molecule has 1 aliphatic heterocycles. The van der Waals surface area contributed by atoms with Crippen LogP contribution in [0.3, 0.4) is 0 Å². The first-order valence-corrected chi connectivity index (χ1v) is 7.56. The van der Waals surface area contributed by atoms with Gasteiger partial charge in [0.2, 0.25) is 0 Å². The van der Waals surface area contributed by atoms with Crippen molar-refractivity contribution >= 4 is 11.6 Å². The Balaban J connectivity index is 2.11. The van der Waals surface area contributed by atoms with Crippen molar-refractivity contribution in [1.82, 2.24) is 9.97 Å². The molecule has 0 amide bonds. The van der Waals surface area contributed by atoms with Gasteiger partial charge >= 0.3 is 0 Å². The van der Waals surface area contributed by atoms with Crippen molar-refractivity contribution in [3.8, 4) is 0 Å². The van der Waals surface area contributed by atoms with Crippen LogP contribution in [0.2, 0.25) is 0 Å². The third-order valence-electron chi connectivity index (χ3n) is 4.12. The number of anilines is 2. The van der Waals surface area contributed by atoms with Crippen LogP contribution in [-0.2, 0) is 6.42 Å². The molecule has 0 radical (unpaired) electrons. The number of hydrogen-bond acceptors (Lipinski definition) is 4. The van der Waals surface area contributed by atoms with E-state index in [9.17, 15) is 0 Å². The first-order valence-electron chi connectivity index (χ1n) is 7.56. The molecule has 0 atom stereocenters. The highest BCUT2D eigenvalue weighted by Crippen LogP contribution is 2.29. The normalized spacial score (nSPS) is 16.7. The predicted molar refractivity (Wildman–Crippen MR) is 80.8 cm³/mol. The highest BCUT2D eigenvalue weighted by Gasteiger charge is 2.22. The lowest BCUT2D eigenvalue weighted by Crippen LogP contribution is -2.35. The molecule has 0 spiro atoms. The molecule has 19 heavy (non-hydrogen) atoms. The van der Waals surface area contributed by atoms with Crippen LogP contribution in [0.4, 0.5) is 11.6 Å². The third-order valence-corrected chi connectivity index (χ3v) is 4.12. The Kier molecular flexibility index (Phi) is 5.00. The van der Waals surface area contributed by atoms with E-state index in [1.807, 2.05) is 7.05 Å². The van der Waals surface area contributed by atoms with E-state index in [4.69, 9.17) is 0 Å². The summed E-state index contributed by atoms with van der Waals surface area (Å²) in [7, 11) is 1.93. The van der Waals surface area contributed by atoms with Crippen molar-refractivity contribution < 1.29 is 0 Å². The number of hydrogen-bond donors (Lipinski definition) is 1. The van der Waals surface area contributed by atoms with Crippen LogP contribution in [0, 0.1) is 5.92 Å². The van der Waals surface area contributed by atoms with Crippen molar-refractivity contribution in [2.75, 3.05) is 30.4 Å². The van der Waals surface area contributed by atoms with Gasteiger partial charge in [-0.2, -0.15) is 0 Å². The van der Waals surface area contributed by atoms with Gasteiger partial charge in [0.1, 0.15) is 18.0 Å². The van der Waals surface area contributed by atoms with Crippen LogP contribution in [0.1, 0.15) is 45.1 Å². The lowest BCUT2D eigenvalue weighted by atomic mass is 9.92. The van der Waals surface area contributed by atoms with E-state index in [0.29, 0.717) is 0 Å². The van der Waals surface area contributed by atoms with Gasteiger partial charge in [-0.15, -0.1) is 0 Å². The van der Waals surface area contributed by atoms with Gasteiger partial charge in [0, 0.05) is 25.7 Å². The van der Waals surface area contributed by atoms with Crippen LogP contribution < -0.4 is 10.2 Å². The Labute approximate surface area is 116 Å². The van der Waals surface area contributed by atoms with E-state index in [2.05, 4.69) is 34.0 Å². The molecule has 106 valence electrons. The van der Waals surface area contributed by atoms with Crippen LogP contribution in [0.15, 0.2) is 6.33 Å². The molecule has 1 aromatic heterocycles. The van der Waals surface area contributed by atoms with Crippen LogP contribution in [-0.4, -0.2) is 30.1 Å². The Hall–Kier alpha value is -1.32. The van der Waals surface area contributed by atoms with Gasteiger partial charge in [0.25, 0.3) is 0 Å². The second-order valence-electron chi connectivity index (χ2n) is 5.35. The second kappa shape index (κ2) is 6.73. The number of nitrogens with one attached hydrogen (secondary N) is 1. The fraction of sp³-hybridized carbons (Fsp3) is 0.733. The van der Waals surface area contributed by atoms with E-state index >= 15 is 0 Å². The van der Waals surface area contributed by atoms with Gasteiger partial charge in [0.15, 0.2) is 0 Å². The van der Waals surface area contributed by atoms with Crippen molar-refractivity contribution in [3.05, 3.63) is 11.9 Å². The van der Waals surface area contributed by atoms with E-state index in [0.717, 1.165) is 37.1 Å². The van der Waals surface area contributed by atoms with E-state index in [1.165, 1.54) is 31.2 Å². The molecule has 4 heteroatoms. The molecular weight excluding hydrogens is 236 g/mol. The summed E-state index contributed by atoms with van der Waals surface area (Å²) < 4.78 is 0. The quantitative estimate of drug-likeness (QED) is 0.885. The fourth-order valence-corrected chi connectivity index (χ4v) is 3.06. The first kappa shape index (κ1) is 14.1. The average molecular weight is 262 g/mol. The van der Waals surface area contributed by atoms with E-state index < -0.39 is 0 Å². The van der Waals surface area contributed by atoms with Gasteiger partial charge in [-0.25, -0.2) is 9.97 Å². The SMILES string of the molecule is CCCC1CCN(c2ncnc(NC)c2CC)CC1. The van der Waals surface area contributed by atoms with E-state index in [-0.39, 0.29) is 0 Å². The lowest BCUT2D eigenvalue weighted by molar-refractivity contribution is 0.377. The third kappa shape index (κ3) is 3.17. The van der Waals surface area contributed by atoms with Gasteiger partial charge in [-0.05, 0) is 25.2 Å². The molecule has 1 N–H and O–H groups in total. The van der Waals surface area contributed by atoms with Crippen molar-refractivity contribution in [1.29, 1.82) is 0 Å². The molecule has 0 unspecified atom stereocenters. The van der Waals surface area contributed by atoms with Crippen molar-refractivity contribution in [3.63, 3.8) is 0 Å². The zero-order valence-corrected chi connectivity index (χ0v) is 12.4. The molecule has 4 nitrogen and oxygen atoms in total. The predicted octanol–water partition coefficient (Wildman–Crippen LogP) is 3.10. The van der Waals surface area contributed by atoms with Gasteiger partial charge < -0.3 is 10.2 Å². The van der Waals surface area contributed by atoms with Crippen molar-refractivity contribution in [2.24, 2.45) is 5.92 Å². The summed E-state index contributed by atoms with van der Waals surface area (Å²) in [6, 6.07) is 0. The molecule has 2 heterocycles. The zero-order chi connectivity index (χ0) is 13.7. The smallest absolute Gasteiger partial charge is 0.137 e. The summed E-state index contributed by atoms with van der Waals surface area (Å²) in [5.74, 6) is 3.02. The molecule has 0 saturated carbocycles. The van der Waals surface area contributed by atoms with E-state index in [1.54, 1.807) is 6.33 Å². The minimum Gasteiger partial charge on any atom is -0.373 e. The first-order chi connectivity index (χ1) is 9.30. The highest BCUT2D eigenvalue weighted by molar-refractivity contribution is 5.58. The topological polar surface area (TPSA) is 41.1 Å². The standard InChI is InChI=1S/C15H26N4/c1-4-6-12-7-9-19(10-8-12)15-13(5-2)14(16-3)17-11-18-15/h11-12H,4-10H2,1-3H3,(H,16,17,18). The molecule has 0 bridgehead atoms. The Morgan fingerprint density at radius 3 is 2.58 bits per heavy atom. The Morgan fingerprint density at radius 1 is 1.26 bits per heavy atom. The molecule has 1 fully saturated rings. The summed E-state index contributed by atoms with van der Waals surface area (Å²) in [6.45, 7) is 6.73. The zero-order valence-electron chi connectivity index (χ0n) is 12.4. The lowest BCUT2D eigenvalue weighted by Gasteiger charge is -2.34. The maximum Gasteiger partial charge on any atom is 0.137 e. The molecule has 1 aliphatic rings. The number of piperidine rings is 1. The average Bonchev–Trinajstić information content (AvgIpc) is 2.47. The monoisotopic (exact) mass is 262 g/mol. The van der Waals surface area contributed by atoms with Crippen molar-refractivity contribution in [2.45, 2.75) is 46.0 Å². The summed E-state index contributed by atoms with van der Waals surface area (Å²) in [5.41, 5.74) is 1.25. The molecule has 0 aromatic carbocycles. The maximum absolute atomic E-state index is 4.53. The van der Waals surface area contributed by atoms with Crippen LogP contribution in [0.25, 0.3) is 0 Å². The maximum atomic E-state index is 4.53. The Morgan fingerprint density at radius 2 is 2.00 bits per heavy atom. The Bertz CT molecular complexity index is 397. The minimum absolute atomic E-state index is 0.914. The summed E-state index contributed by atoms with van der Waals surface area (Å²) in [4.78, 5) is 11.3. The molecule has 2 rings (SSSR count). The summed E-state index contributed by atoms with van der Waals surface area (Å²) >= 11 is 0. The molecule has 1 saturated heterocycles. The van der Waals surface area contributed by atoms with Gasteiger partial charge in [0.05, 0.1) is 0 Å². The summed E-state index contributed by atoms with van der Waals surface area (Å²) in [6.07, 6.45) is 7.94. The number of aromatic nitrogens is 2. The highest BCUT2D eigenvalue weighted by atomic mass is 15.2. The van der Waals surface area contributed by atoms with Gasteiger partial charge in [-0.1, -0.05) is 26.7 Å². The molecule has 1 aromatic rings. The van der Waals surface area contributed by atoms with Crippen LogP contribution >= 0.6 is 0 Å². The second-order valence-corrected chi connectivity index (χ2v) is 5.35. The minimum atomic E-state index is 0.914. The summed E-state index contributed by atoms with van der Waals surface area (Å²) in [5, 5.41) is 3.18. The molecule has 0 aliphatic carbocycles. The molecular formula is C15H26N4. The number of rotatable bonds is 5. The van der Waals surface area contributed by atoms with Crippen LogP contribution in [0.5, 0.6) is 0 Å². The van der Waals surface area contributed by atoms with Gasteiger partial charge in [-0.3, -0.25) is 0 Å². The fourth-order valence-electron chi connectivity index (χ4n) is 3.06. The largest absolute Gasteiger partial charge is 0.373 e.